The van der Waals surface area contributed by atoms with E-state index in [4.69, 9.17) is 0 Å². The van der Waals surface area contributed by atoms with Gasteiger partial charge in [-0.2, -0.15) is 0 Å². The molecule has 1 unspecified atom stereocenters. The molecule has 1 rings (SSSR count). The molecular formula is C15H33N3. The SMILES string of the molecule is CCCC(C)(CNC(C)C)CN1CCN(C)CC1. The fraction of sp³-hybridized carbons (Fsp3) is 1.00. The van der Waals surface area contributed by atoms with Gasteiger partial charge in [0, 0.05) is 45.3 Å². The Bertz CT molecular complexity index is 222. The van der Waals surface area contributed by atoms with Crippen LogP contribution in [0.1, 0.15) is 40.5 Å². The molecule has 1 fully saturated rings. The number of hydrogen-bond acceptors (Lipinski definition) is 3. The van der Waals surface area contributed by atoms with Crippen LogP contribution in [0.5, 0.6) is 0 Å². The minimum Gasteiger partial charge on any atom is -0.314 e. The van der Waals surface area contributed by atoms with Gasteiger partial charge in [0.1, 0.15) is 0 Å². The second kappa shape index (κ2) is 7.46. The molecule has 0 aromatic carbocycles. The van der Waals surface area contributed by atoms with Crippen molar-refractivity contribution >= 4 is 0 Å². The molecule has 0 saturated carbocycles. The Hall–Kier alpha value is -0.120. The number of nitrogens with one attached hydrogen (secondary N) is 1. The first-order valence-corrected chi connectivity index (χ1v) is 7.59. The monoisotopic (exact) mass is 255 g/mol. The fourth-order valence-electron chi connectivity index (χ4n) is 2.82. The van der Waals surface area contributed by atoms with E-state index in [2.05, 4.69) is 49.9 Å². The van der Waals surface area contributed by atoms with Gasteiger partial charge < -0.3 is 15.1 Å². The third-order valence-electron chi connectivity index (χ3n) is 3.99. The van der Waals surface area contributed by atoms with E-state index in [1.54, 1.807) is 0 Å². The third kappa shape index (κ3) is 5.68. The number of hydrogen-bond donors (Lipinski definition) is 1. The van der Waals surface area contributed by atoms with Crippen molar-refractivity contribution in [1.82, 2.24) is 15.1 Å². The average molecular weight is 255 g/mol. The van der Waals surface area contributed by atoms with Crippen molar-refractivity contribution in [3.05, 3.63) is 0 Å². The van der Waals surface area contributed by atoms with Gasteiger partial charge in [-0.3, -0.25) is 0 Å². The fourth-order valence-corrected chi connectivity index (χ4v) is 2.82. The first kappa shape index (κ1) is 15.9. The highest BCUT2D eigenvalue weighted by Gasteiger charge is 2.27. The zero-order valence-electron chi connectivity index (χ0n) is 13.1. The Morgan fingerprint density at radius 2 is 1.78 bits per heavy atom. The smallest absolute Gasteiger partial charge is 0.0110 e. The van der Waals surface area contributed by atoms with Crippen LogP contribution in [0.2, 0.25) is 0 Å². The zero-order valence-corrected chi connectivity index (χ0v) is 13.1. The maximum absolute atomic E-state index is 3.63. The number of nitrogens with zero attached hydrogens (tertiary/aromatic N) is 2. The highest BCUT2D eigenvalue weighted by molar-refractivity contribution is 4.83. The molecule has 0 aliphatic carbocycles. The molecule has 18 heavy (non-hydrogen) atoms. The molecule has 1 aliphatic heterocycles. The molecule has 1 aliphatic rings. The summed E-state index contributed by atoms with van der Waals surface area (Å²) in [6.45, 7) is 16.5. The summed E-state index contributed by atoms with van der Waals surface area (Å²) in [5, 5.41) is 3.63. The van der Waals surface area contributed by atoms with Gasteiger partial charge in [0.05, 0.1) is 0 Å². The van der Waals surface area contributed by atoms with E-state index in [-0.39, 0.29) is 0 Å². The maximum atomic E-state index is 3.63. The quantitative estimate of drug-likeness (QED) is 0.751. The summed E-state index contributed by atoms with van der Waals surface area (Å²) in [6, 6.07) is 0.591. The van der Waals surface area contributed by atoms with Gasteiger partial charge in [-0.05, 0) is 18.9 Å². The lowest BCUT2D eigenvalue weighted by Gasteiger charge is -2.40. The van der Waals surface area contributed by atoms with Gasteiger partial charge in [-0.25, -0.2) is 0 Å². The predicted molar refractivity (Wildman–Crippen MR) is 80.1 cm³/mol. The lowest BCUT2D eigenvalue weighted by Crippen LogP contribution is -2.50. The summed E-state index contributed by atoms with van der Waals surface area (Å²) < 4.78 is 0. The molecule has 0 spiro atoms. The largest absolute Gasteiger partial charge is 0.314 e. The van der Waals surface area contributed by atoms with E-state index in [1.807, 2.05) is 0 Å². The second-order valence-electron chi connectivity index (χ2n) is 6.68. The first-order chi connectivity index (χ1) is 8.45. The lowest BCUT2D eigenvalue weighted by molar-refractivity contribution is 0.0960. The molecule has 0 amide bonds. The average Bonchev–Trinajstić information content (AvgIpc) is 2.30. The Kier molecular flexibility index (Phi) is 6.61. The van der Waals surface area contributed by atoms with Gasteiger partial charge in [0.25, 0.3) is 0 Å². The van der Waals surface area contributed by atoms with Gasteiger partial charge >= 0.3 is 0 Å². The van der Waals surface area contributed by atoms with Crippen molar-refractivity contribution in [3.8, 4) is 0 Å². The van der Waals surface area contributed by atoms with Crippen LogP contribution < -0.4 is 5.32 Å². The van der Waals surface area contributed by atoms with Crippen LogP contribution in [-0.4, -0.2) is 62.2 Å². The molecule has 1 saturated heterocycles. The standard InChI is InChI=1S/C15H33N3/c1-6-7-15(4,12-16-14(2)3)13-18-10-8-17(5)9-11-18/h14,16H,6-13H2,1-5H3. The van der Waals surface area contributed by atoms with Crippen LogP contribution in [0.3, 0.4) is 0 Å². The molecule has 3 nitrogen and oxygen atoms in total. The Balaban J connectivity index is 2.44. The van der Waals surface area contributed by atoms with E-state index in [0.29, 0.717) is 11.5 Å². The molecule has 1 N–H and O–H groups in total. The summed E-state index contributed by atoms with van der Waals surface area (Å²) in [7, 11) is 2.23. The number of piperazine rings is 1. The van der Waals surface area contributed by atoms with Crippen molar-refractivity contribution in [2.45, 2.75) is 46.6 Å². The van der Waals surface area contributed by atoms with E-state index in [1.165, 1.54) is 45.6 Å². The van der Waals surface area contributed by atoms with E-state index < -0.39 is 0 Å². The normalized spacial score (nSPS) is 22.3. The molecule has 3 heteroatoms. The second-order valence-corrected chi connectivity index (χ2v) is 6.68. The van der Waals surface area contributed by atoms with Crippen LogP contribution in [0, 0.1) is 5.41 Å². The van der Waals surface area contributed by atoms with Crippen molar-refractivity contribution < 1.29 is 0 Å². The number of rotatable bonds is 7. The van der Waals surface area contributed by atoms with E-state index in [0.717, 1.165) is 6.54 Å². The first-order valence-electron chi connectivity index (χ1n) is 7.59. The van der Waals surface area contributed by atoms with Crippen molar-refractivity contribution in [2.75, 3.05) is 46.3 Å². The molecule has 1 atom stereocenters. The molecular weight excluding hydrogens is 222 g/mol. The Morgan fingerprint density at radius 3 is 2.28 bits per heavy atom. The minimum absolute atomic E-state index is 0.426. The van der Waals surface area contributed by atoms with E-state index >= 15 is 0 Å². The molecule has 1 heterocycles. The lowest BCUT2D eigenvalue weighted by atomic mass is 9.84. The van der Waals surface area contributed by atoms with Crippen molar-refractivity contribution in [3.63, 3.8) is 0 Å². The van der Waals surface area contributed by atoms with Crippen LogP contribution in [0.4, 0.5) is 0 Å². The van der Waals surface area contributed by atoms with Crippen LogP contribution >= 0.6 is 0 Å². The summed E-state index contributed by atoms with van der Waals surface area (Å²) in [4.78, 5) is 5.08. The minimum atomic E-state index is 0.426. The zero-order chi connectivity index (χ0) is 13.6. The molecule has 0 aromatic rings. The van der Waals surface area contributed by atoms with Gasteiger partial charge in [0.15, 0.2) is 0 Å². The van der Waals surface area contributed by atoms with Gasteiger partial charge in [-0.15, -0.1) is 0 Å². The maximum Gasteiger partial charge on any atom is 0.0110 e. The topological polar surface area (TPSA) is 18.5 Å². The van der Waals surface area contributed by atoms with E-state index in [9.17, 15) is 0 Å². The molecule has 0 aromatic heterocycles. The van der Waals surface area contributed by atoms with Crippen molar-refractivity contribution in [2.24, 2.45) is 5.41 Å². The van der Waals surface area contributed by atoms with Crippen molar-refractivity contribution in [1.29, 1.82) is 0 Å². The molecule has 0 radical (unpaired) electrons. The summed E-state index contributed by atoms with van der Waals surface area (Å²) >= 11 is 0. The summed E-state index contributed by atoms with van der Waals surface area (Å²) in [5.41, 5.74) is 0.426. The Morgan fingerprint density at radius 1 is 1.17 bits per heavy atom. The number of likely N-dealkylation sites (N-methyl/N-ethyl adjacent to an activating group) is 1. The van der Waals surface area contributed by atoms with Gasteiger partial charge in [0.2, 0.25) is 0 Å². The van der Waals surface area contributed by atoms with Gasteiger partial charge in [-0.1, -0.05) is 34.1 Å². The highest BCUT2D eigenvalue weighted by atomic mass is 15.2. The highest BCUT2D eigenvalue weighted by Crippen LogP contribution is 2.24. The van der Waals surface area contributed by atoms with Crippen LogP contribution in [0.25, 0.3) is 0 Å². The molecule has 0 bridgehead atoms. The molecule has 108 valence electrons. The third-order valence-corrected chi connectivity index (χ3v) is 3.99. The summed E-state index contributed by atoms with van der Waals surface area (Å²) in [5.74, 6) is 0. The van der Waals surface area contributed by atoms with Crippen LogP contribution in [-0.2, 0) is 0 Å². The summed E-state index contributed by atoms with van der Waals surface area (Å²) in [6.07, 6.45) is 2.60. The predicted octanol–water partition coefficient (Wildman–Crippen LogP) is 2.04. The van der Waals surface area contributed by atoms with Crippen LogP contribution in [0.15, 0.2) is 0 Å². The Labute approximate surface area is 114 Å².